The van der Waals surface area contributed by atoms with Crippen molar-refractivity contribution < 1.29 is 14.0 Å². The van der Waals surface area contributed by atoms with Gasteiger partial charge in [-0.25, -0.2) is 0 Å². The molecule has 4 aliphatic carbocycles. The summed E-state index contributed by atoms with van der Waals surface area (Å²) in [7, 11) is 1.90. The van der Waals surface area contributed by atoms with Crippen LogP contribution in [0, 0.1) is 24.2 Å². The highest BCUT2D eigenvalue weighted by atomic mass is 16.3. The molecule has 1 aromatic rings. The van der Waals surface area contributed by atoms with Gasteiger partial charge in [-0.1, -0.05) is 0 Å². The quantitative estimate of drug-likeness (QED) is 0.913. The first-order valence-corrected chi connectivity index (χ1v) is 9.38. The predicted octanol–water partition coefficient (Wildman–Crippen LogP) is 3.02. The monoisotopic (exact) mass is 344 g/mol. The van der Waals surface area contributed by atoms with E-state index in [0.717, 1.165) is 43.4 Å². The van der Waals surface area contributed by atoms with Gasteiger partial charge in [-0.15, -0.1) is 0 Å². The van der Waals surface area contributed by atoms with Crippen LogP contribution in [0.1, 0.15) is 56.8 Å². The van der Waals surface area contributed by atoms with Crippen molar-refractivity contribution in [3.63, 3.8) is 0 Å². The lowest BCUT2D eigenvalue weighted by Crippen LogP contribution is -2.65. The lowest BCUT2D eigenvalue weighted by atomic mass is 9.46. The summed E-state index contributed by atoms with van der Waals surface area (Å²) in [5.74, 6) is 2.30. The van der Waals surface area contributed by atoms with E-state index in [4.69, 9.17) is 4.42 Å². The van der Waals surface area contributed by atoms with Crippen LogP contribution in [0.15, 0.2) is 16.7 Å². The van der Waals surface area contributed by atoms with E-state index in [2.05, 4.69) is 5.32 Å². The van der Waals surface area contributed by atoms with Gasteiger partial charge in [0.15, 0.2) is 0 Å². The summed E-state index contributed by atoms with van der Waals surface area (Å²) in [6.07, 6.45) is 7.77. The average molecular weight is 344 g/mol. The summed E-state index contributed by atoms with van der Waals surface area (Å²) >= 11 is 0. The standard InChI is InChI=1S/C20H28N2O3/c1-13-17(4-5-25-13)11-22(3)18(24)19-7-15-6-16(8-19)10-20(9-15,12-19)21-14(2)23/h4-5,15-16H,6-12H2,1-3H3,(H,21,23). The van der Waals surface area contributed by atoms with Crippen molar-refractivity contribution in [2.75, 3.05) is 7.05 Å². The zero-order chi connectivity index (χ0) is 17.8. The molecule has 4 bridgehead atoms. The molecule has 4 aliphatic rings. The number of hydrogen-bond acceptors (Lipinski definition) is 3. The molecule has 1 N–H and O–H groups in total. The molecule has 2 unspecified atom stereocenters. The Kier molecular flexibility index (Phi) is 3.74. The Morgan fingerprint density at radius 3 is 2.52 bits per heavy atom. The Morgan fingerprint density at radius 2 is 1.96 bits per heavy atom. The molecular weight excluding hydrogens is 316 g/mol. The Morgan fingerprint density at radius 1 is 1.28 bits per heavy atom. The molecule has 2 amide bonds. The number of amides is 2. The average Bonchev–Trinajstić information content (AvgIpc) is 2.88. The maximum atomic E-state index is 13.4. The number of rotatable bonds is 4. The second-order valence-electron chi connectivity index (χ2n) is 8.87. The van der Waals surface area contributed by atoms with Crippen LogP contribution in [0.4, 0.5) is 0 Å². The van der Waals surface area contributed by atoms with E-state index in [9.17, 15) is 9.59 Å². The van der Waals surface area contributed by atoms with E-state index in [1.54, 1.807) is 13.2 Å². The molecule has 0 saturated heterocycles. The second kappa shape index (κ2) is 5.61. The maximum Gasteiger partial charge on any atom is 0.228 e. The summed E-state index contributed by atoms with van der Waals surface area (Å²) in [5, 5.41) is 3.24. The highest BCUT2D eigenvalue weighted by Gasteiger charge is 2.61. The molecule has 0 radical (unpaired) electrons. The second-order valence-corrected chi connectivity index (χ2v) is 8.87. The molecule has 136 valence electrons. The van der Waals surface area contributed by atoms with E-state index in [1.165, 1.54) is 6.42 Å². The molecule has 5 nitrogen and oxygen atoms in total. The SMILES string of the molecule is CC(=O)NC12CC3CC(C1)CC(C(=O)N(C)Cc1ccoc1C)(C3)C2. The van der Waals surface area contributed by atoms with Crippen LogP contribution in [0.25, 0.3) is 0 Å². The molecule has 1 heterocycles. The number of carbonyl (C=O) groups excluding carboxylic acids is 2. The minimum absolute atomic E-state index is 0.0342. The highest BCUT2D eigenvalue weighted by Crippen LogP contribution is 2.62. The Balaban J connectivity index is 1.57. The number of nitrogens with zero attached hydrogens (tertiary/aromatic N) is 1. The molecule has 0 aromatic carbocycles. The third-order valence-corrected chi connectivity index (χ3v) is 6.68. The van der Waals surface area contributed by atoms with Gasteiger partial charge in [0.25, 0.3) is 0 Å². The Labute approximate surface area is 149 Å². The molecule has 5 rings (SSSR count). The normalized spacial score (nSPS) is 35.6. The van der Waals surface area contributed by atoms with Gasteiger partial charge < -0.3 is 14.6 Å². The lowest BCUT2D eigenvalue weighted by molar-refractivity contribution is -0.162. The first kappa shape index (κ1) is 16.7. The van der Waals surface area contributed by atoms with E-state index in [0.29, 0.717) is 18.4 Å². The fourth-order valence-electron chi connectivity index (χ4n) is 6.34. The van der Waals surface area contributed by atoms with E-state index < -0.39 is 0 Å². The fraction of sp³-hybridized carbons (Fsp3) is 0.700. The molecule has 25 heavy (non-hydrogen) atoms. The van der Waals surface area contributed by atoms with Gasteiger partial charge in [0, 0.05) is 31.6 Å². The summed E-state index contributed by atoms with van der Waals surface area (Å²) in [4.78, 5) is 27.1. The van der Waals surface area contributed by atoms with Gasteiger partial charge in [0.1, 0.15) is 5.76 Å². The van der Waals surface area contributed by atoms with Gasteiger partial charge in [0.2, 0.25) is 11.8 Å². The number of furan rings is 1. The highest BCUT2D eigenvalue weighted by molar-refractivity contribution is 5.84. The largest absolute Gasteiger partial charge is 0.469 e. The van der Waals surface area contributed by atoms with Crippen LogP contribution in [0.2, 0.25) is 0 Å². The van der Waals surface area contributed by atoms with Gasteiger partial charge in [-0.2, -0.15) is 0 Å². The van der Waals surface area contributed by atoms with Gasteiger partial charge >= 0.3 is 0 Å². The smallest absolute Gasteiger partial charge is 0.228 e. The van der Waals surface area contributed by atoms with Crippen molar-refractivity contribution in [3.8, 4) is 0 Å². The minimum Gasteiger partial charge on any atom is -0.469 e. The van der Waals surface area contributed by atoms with Crippen molar-refractivity contribution in [1.29, 1.82) is 0 Å². The molecule has 1 aromatic heterocycles. The fourth-order valence-corrected chi connectivity index (χ4v) is 6.34. The Bertz CT molecular complexity index is 694. The maximum absolute atomic E-state index is 13.4. The van der Waals surface area contributed by atoms with E-state index in [1.807, 2.05) is 24.9 Å². The van der Waals surface area contributed by atoms with Crippen molar-refractivity contribution in [2.24, 2.45) is 17.3 Å². The topological polar surface area (TPSA) is 62.6 Å². The van der Waals surface area contributed by atoms with Crippen LogP contribution in [0.5, 0.6) is 0 Å². The predicted molar refractivity (Wildman–Crippen MR) is 93.6 cm³/mol. The molecule has 4 fully saturated rings. The number of carbonyl (C=O) groups is 2. The van der Waals surface area contributed by atoms with Crippen molar-refractivity contribution >= 4 is 11.8 Å². The summed E-state index contributed by atoms with van der Waals surface area (Å²) in [5.41, 5.74) is 0.619. The molecule has 4 saturated carbocycles. The van der Waals surface area contributed by atoms with Crippen LogP contribution < -0.4 is 5.32 Å². The van der Waals surface area contributed by atoms with Crippen LogP contribution >= 0.6 is 0 Å². The number of hydrogen-bond donors (Lipinski definition) is 1. The number of aryl methyl sites for hydroxylation is 1. The third kappa shape index (κ3) is 2.77. The minimum atomic E-state index is -0.293. The van der Waals surface area contributed by atoms with E-state index in [-0.39, 0.29) is 22.8 Å². The van der Waals surface area contributed by atoms with Crippen LogP contribution in [0.3, 0.4) is 0 Å². The van der Waals surface area contributed by atoms with Gasteiger partial charge in [-0.3, -0.25) is 9.59 Å². The summed E-state index contributed by atoms with van der Waals surface area (Å²) in [6.45, 7) is 4.12. The molecule has 0 aliphatic heterocycles. The summed E-state index contributed by atoms with van der Waals surface area (Å²) in [6, 6.07) is 1.94. The van der Waals surface area contributed by atoms with Crippen LogP contribution in [-0.4, -0.2) is 29.3 Å². The third-order valence-electron chi connectivity index (χ3n) is 6.68. The first-order chi connectivity index (χ1) is 11.8. The van der Waals surface area contributed by atoms with Crippen molar-refractivity contribution in [3.05, 3.63) is 23.7 Å². The first-order valence-electron chi connectivity index (χ1n) is 9.38. The van der Waals surface area contributed by atoms with Crippen LogP contribution in [-0.2, 0) is 16.1 Å². The van der Waals surface area contributed by atoms with Crippen molar-refractivity contribution in [2.45, 2.75) is 64.5 Å². The molecule has 0 spiro atoms. The van der Waals surface area contributed by atoms with Crippen molar-refractivity contribution in [1.82, 2.24) is 10.2 Å². The Hall–Kier alpha value is -1.78. The lowest BCUT2D eigenvalue weighted by Gasteiger charge is -2.61. The van der Waals surface area contributed by atoms with E-state index >= 15 is 0 Å². The zero-order valence-corrected chi connectivity index (χ0v) is 15.4. The molecule has 5 heteroatoms. The zero-order valence-electron chi connectivity index (χ0n) is 15.4. The van der Waals surface area contributed by atoms with Gasteiger partial charge in [0.05, 0.1) is 11.7 Å². The number of nitrogens with one attached hydrogen (secondary N) is 1. The molecule has 2 atom stereocenters. The molecular formula is C20H28N2O3. The van der Waals surface area contributed by atoms with Gasteiger partial charge in [-0.05, 0) is 63.4 Å². The summed E-state index contributed by atoms with van der Waals surface area (Å²) < 4.78 is 5.37.